The highest BCUT2D eigenvalue weighted by atomic mass is 35.5. The number of hydrazone groups is 1. The van der Waals surface area contributed by atoms with E-state index in [2.05, 4.69) is 20.7 Å². The van der Waals surface area contributed by atoms with Gasteiger partial charge in [0.15, 0.2) is 10.9 Å². The summed E-state index contributed by atoms with van der Waals surface area (Å²) in [6.45, 7) is 0.847. The molecule has 7 heteroatoms. The van der Waals surface area contributed by atoms with E-state index in [1.165, 1.54) is 0 Å². The van der Waals surface area contributed by atoms with Crippen molar-refractivity contribution in [2.45, 2.75) is 6.42 Å². The standard InChI is InChI=1S/C17H21ClN4OS/c1-19-17(24)21-20-14(9-10-22(2)3)16-8-7-15(23-16)12-5-4-6-13(18)11-12/h4-8,11H,9-10H2,1-3H3,(H2,19,21,24). The summed E-state index contributed by atoms with van der Waals surface area (Å²) >= 11 is 11.1. The van der Waals surface area contributed by atoms with Crippen molar-refractivity contribution >= 4 is 34.6 Å². The van der Waals surface area contributed by atoms with Crippen LogP contribution in [-0.4, -0.2) is 43.4 Å². The van der Waals surface area contributed by atoms with Gasteiger partial charge in [-0.3, -0.25) is 5.43 Å². The van der Waals surface area contributed by atoms with Gasteiger partial charge in [0.2, 0.25) is 0 Å². The fourth-order valence-corrected chi connectivity index (χ4v) is 2.26. The summed E-state index contributed by atoms with van der Waals surface area (Å²) in [4.78, 5) is 2.09. The minimum atomic E-state index is 0.457. The van der Waals surface area contributed by atoms with E-state index in [-0.39, 0.29) is 0 Å². The van der Waals surface area contributed by atoms with Crippen LogP contribution in [0.4, 0.5) is 0 Å². The van der Waals surface area contributed by atoms with Gasteiger partial charge in [-0.05, 0) is 50.6 Å². The average Bonchev–Trinajstić information content (AvgIpc) is 3.04. The second kappa shape index (κ2) is 8.82. The number of furan rings is 1. The Bertz CT molecular complexity index is 727. The van der Waals surface area contributed by atoms with Crippen LogP contribution in [0.2, 0.25) is 5.02 Å². The predicted octanol–water partition coefficient (Wildman–Crippen LogP) is 3.35. The Morgan fingerprint density at radius 1 is 1.29 bits per heavy atom. The molecule has 0 aliphatic heterocycles. The molecule has 0 unspecified atom stereocenters. The Morgan fingerprint density at radius 2 is 2.08 bits per heavy atom. The molecule has 0 fully saturated rings. The minimum Gasteiger partial charge on any atom is -0.455 e. The van der Waals surface area contributed by atoms with Crippen LogP contribution in [0, 0.1) is 0 Å². The second-order valence-corrected chi connectivity index (χ2v) is 6.32. The van der Waals surface area contributed by atoms with Crippen LogP contribution < -0.4 is 10.7 Å². The lowest BCUT2D eigenvalue weighted by molar-refractivity contribution is 0.420. The predicted molar refractivity (Wildman–Crippen MR) is 104 cm³/mol. The van der Waals surface area contributed by atoms with Crippen LogP contribution in [0.5, 0.6) is 0 Å². The number of nitrogens with one attached hydrogen (secondary N) is 2. The van der Waals surface area contributed by atoms with E-state index in [9.17, 15) is 0 Å². The molecule has 1 aromatic carbocycles. The van der Waals surface area contributed by atoms with Crippen LogP contribution in [0.15, 0.2) is 45.9 Å². The topological polar surface area (TPSA) is 52.8 Å². The van der Waals surface area contributed by atoms with E-state index >= 15 is 0 Å². The van der Waals surface area contributed by atoms with Gasteiger partial charge in [0, 0.05) is 30.6 Å². The molecule has 24 heavy (non-hydrogen) atoms. The van der Waals surface area contributed by atoms with E-state index in [1.54, 1.807) is 7.05 Å². The van der Waals surface area contributed by atoms with Crippen LogP contribution >= 0.6 is 23.8 Å². The highest BCUT2D eigenvalue weighted by molar-refractivity contribution is 7.80. The molecule has 0 bridgehead atoms. The summed E-state index contributed by atoms with van der Waals surface area (Å²) in [5.41, 5.74) is 4.55. The van der Waals surface area contributed by atoms with Crippen LogP contribution in [-0.2, 0) is 0 Å². The second-order valence-electron chi connectivity index (χ2n) is 5.48. The van der Waals surface area contributed by atoms with Gasteiger partial charge in [-0.15, -0.1) is 0 Å². The highest BCUT2D eigenvalue weighted by Gasteiger charge is 2.12. The van der Waals surface area contributed by atoms with Crippen molar-refractivity contribution in [2.24, 2.45) is 5.10 Å². The summed E-state index contributed by atoms with van der Waals surface area (Å²) in [6, 6.07) is 11.4. The Labute approximate surface area is 152 Å². The molecule has 0 atom stereocenters. The molecule has 0 spiro atoms. The maximum Gasteiger partial charge on any atom is 0.186 e. The van der Waals surface area contributed by atoms with Gasteiger partial charge in [-0.25, -0.2) is 0 Å². The van der Waals surface area contributed by atoms with Crippen molar-refractivity contribution < 1.29 is 4.42 Å². The van der Waals surface area contributed by atoms with Crippen LogP contribution in [0.3, 0.4) is 0 Å². The van der Waals surface area contributed by atoms with E-state index in [0.717, 1.165) is 30.0 Å². The van der Waals surface area contributed by atoms with Crippen LogP contribution in [0.1, 0.15) is 12.2 Å². The molecule has 0 radical (unpaired) electrons. The molecule has 0 saturated heterocycles. The average molecular weight is 365 g/mol. The quantitative estimate of drug-likeness (QED) is 0.467. The molecule has 0 aliphatic rings. The first-order chi connectivity index (χ1) is 11.5. The summed E-state index contributed by atoms with van der Waals surface area (Å²) in [5, 5.41) is 8.34. The first-order valence-corrected chi connectivity index (χ1v) is 8.33. The summed E-state index contributed by atoms with van der Waals surface area (Å²) in [7, 11) is 5.78. The zero-order valence-electron chi connectivity index (χ0n) is 14.0. The third kappa shape index (κ3) is 5.33. The van der Waals surface area contributed by atoms with E-state index in [0.29, 0.717) is 15.9 Å². The molecule has 2 N–H and O–H groups in total. The smallest absolute Gasteiger partial charge is 0.186 e. The minimum absolute atomic E-state index is 0.457. The van der Waals surface area contributed by atoms with E-state index in [4.69, 9.17) is 28.2 Å². The van der Waals surface area contributed by atoms with Crippen molar-refractivity contribution in [3.63, 3.8) is 0 Å². The normalized spacial score (nSPS) is 11.6. The van der Waals surface area contributed by atoms with Gasteiger partial charge in [0.25, 0.3) is 0 Å². The lowest BCUT2D eigenvalue weighted by Crippen LogP contribution is -2.30. The Kier molecular flexibility index (Phi) is 6.78. The molecular weight excluding hydrogens is 344 g/mol. The van der Waals surface area contributed by atoms with E-state index in [1.807, 2.05) is 50.5 Å². The molecule has 1 aromatic heterocycles. The van der Waals surface area contributed by atoms with Crippen molar-refractivity contribution in [3.05, 3.63) is 47.2 Å². The maximum atomic E-state index is 6.05. The fraction of sp³-hybridized carbons (Fsp3) is 0.294. The summed E-state index contributed by atoms with van der Waals surface area (Å²) in [6.07, 6.45) is 0.731. The van der Waals surface area contributed by atoms with Crippen molar-refractivity contribution in [1.82, 2.24) is 15.6 Å². The summed E-state index contributed by atoms with van der Waals surface area (Å²) < 4.78 is 5.97. The van der Waals surface area contributed by atoms with Gasteiger partial charge in [-0.2, -0.15) is 5.10 Å². The maximum absolute atomic E-state index is 6.05. The van der Waals surface area contributed by atoms with Gasteiger partial charge in [0.05, 0.1) is 0 Å². The van der Waals surface area contributed by atoms with Crippen molar-refractivity contribution in [3.8, 4) is 11.3 Å². The third-order valence-electron chi connectivity index (χ3n) is 3.31. The molecule has 0 saturated carbocycles. The van der Waals surface area contributed by atoms with Gasteiger partial charge in [-0.1, -0.05) is 23.7 Å². The lowest BCUT2D eigenvalue weighted by Gasteiger charge is -2.10. The van der Waals surface area contributed by atoms with Gasteiger partial charge in [0.1, 0.15) is 11.5 Å². The first-order valence-electron chi connectivity index (χ1n) is 7.54. The largest absolute Gasteiger partial charge is 0.455 e. The van der Waals surface area contributed by atoms with Crippen molar-refractivity contribution in [2.75, 3.05) is 27.7 Å². The van der Waals surface area contributed by atoms with Crippen molar-refractivity contribution in [1.29, 1.82) is 0 Å². The Morgan fingerprint density at radius 3 is 2.75 bits per heavy atom. The zero-order valence-corrected chi connectivity index (χ0v) is 15.5. The molecule has 0 amide bonds. The number of benzene rings is 1. The molecule has 5 nitrogen and oxygen atoms in total. The molecule has 1 heterocycles. The zero-order chi connectivity index (χ0) is 17.5. The van der Waals surface area contributed by atoms with E-state index < -0.39 is 0 Å². The highest BCUT2D eigenvalue weighted by Crippen LogP contribution is 2.25. The third-order valence-corrected chi connectivity index (χ3v) is 3.85. The van der Waals surface area contributed by atoms with Gasteiger partial charge < -0.3 is 14.6 Å². The molecule has 2 aromatic rings. The number of rotatable bonds is 6. The first kappa shape index (κ1) is 18.4. The number of thiocarbonyl (C=S) groups is 1. The Hall–Kier alpha value is -1.89. The number of hydrogen-bond acceptors (Lipinski definition) is 4. The monoisotopic (exact) mass is 364 g/mol. The SMILES string of the molecule is CNC(=S)NN=C(CCN(C)C)c1ccc(-c2cccc(Cl)c2)o1. The lowest BCUT2D eigenvalue weighted by atomic mass is 10.2. The van der Waals surface area contributed by atoms with Gasteiger partial charge >= 0.3 is 0 Å². The molecular formula is C17H21ClN4OS. The molecule has 0 aliphatic carbocycles. The van der Waals surface area contributed by atoms with Crippen LogP contribution in [0.25, 0.3) is 11.3 Å². The number of nitrogens with zero attached hydrogens (tertiary/aromatic N) is 2. The fourth-order valence-electron chi connectivity index (χ4n) is 2.03. The summed E-state index contributed by atoms with van der Waals surface area (Å²) in [5.74, 6) is 1.46. The molecule has 128 valence electrons. The number of halogens is 1. The molecule has 2 rings (SSSR count). The Balaban J connectivity index is 2.24. The number of hydrogen-bond donors (Lipinski definition) is 2.